The van der Waals surface area contributed by atoms with Gasteiger partial charge in [0.25, 0.3) is 0 Å². The third kappa shape index (κ3) is 8.42. The minimum Gasteiger partial charge on any atom is -0.493 e. The van der Waals surface area contributed by atoms with E-state index in [2.05, 4.69) is 45.6 Å². The number of guanidine groups is 1. The highest BCUT2D eigenvalue weighted by atomic mass is 127. The average Bonchev–Trinajstić information content (AvgIpc) is 3.29. The fourth-order valence-electron chi connectivity index (χ4n) is 3.77. The molecule has 2 unspecified atom stereocenters. The lowest BCUT2D eigenvalue weighted by atomic mass is 10.1. The number of rotatable bonds is 9. The molecule has 3 rings (SSSR count). The molecule has 1 fully saturated rings. The van der Waals surface area contributed by atoms with Crippen LogP contribution in [0.15, 0.2) is 47.5 Å². The van der Waals surface area contributed by atoms with Crippen LogP contribution < -0.4 is 15.4 Å². The van der Waals surface area contributed by atoms with Gasteiger partial charge in [0, 0.05) is 38.2 Å². The van der Waals surface area contributed by atoms with Gasteiger partial charge in [-0.3, -0.25) is 4.99 Å². The van der Waals surface area contributed by atoms with Crippen molar-refractivity contribution in [2.75, 3.05) is 47.5 Å². The lowest BCUT2D eigenvalue weighted by Gasteiger charge is -2.26. The lowest BCUT2D eigenvalue weighted by molar-refractivity contribution is 0.166. The topological polar surface area (TPSA) is 58.1 Å². The molecule has 2 atom stereocenters. The van der Waals surface area contributed by atoms with Crippen molar-refractivity contribution in [3.05, 3.63) is 65.0 Å². The average molecular weight is 570 g/mol. The number of aryl methyl sites for hydroxylation is 1. The molecule has 0 spiro atoms. The second-order valence-corrected chi connectivity index (χ2v) is 8.49. The number of benzene rings is 2. The maximum Gasteiger partial charge on any atom is 0.191 e. The minimum atomic E-state index is -0.229. The summed E-state index contributed by atoms with van der Waals surface area (Å²) >= 11 is 0. The SMILES string of the molecule is CN=C(NCc1ccc(C)cc1OCC1CCOC1)NCC(c1cccc(F)c1)N(C)C.I. The van der Waals surface area contributed by atoms with E-state index in [0.29, 0.717) is 31.6 Å². The first kappa shape index (κ1) is 27.3. The summed E-state index contributed by atoms with van der Waals surface area (Å²) in [4.78, 5) is 6.41. The fourth-order valence-corrected chi connectivity index (χ4v) is 3.77. The first-order chi connectivity index (χ1) is 15.5. The molecular weight excluding hydrogens is 534 g/mol. The molecule has 1 heterocycles. The number of aliphatic imine (C=N–C) groups is 1. The van der Waals surface area contributed by atoms with E-state index in [1.165, 1.54) is 6.07 Å². The van der Waals surface area contributed by atoms with Crippen molar-refractivity contribution in [1.29, 1.82) is 0 Å². The van der Waals surface area contributed by atoms with Crippen LogP contribution in [0.2, 0.25) is 0 Å². The van der Waals surface area contributed by atoms with Crippen LogP contribution in [0.25, 0.3) is 0 Å². The van der Waals surface area contributed by atoms with Crippen molar-refractivity contribution in [1.82, 2.24) is 15.5 Å². The molecule has 2 aromatic rings. The Morgan fingerprint density at radius 1 is 1.24 bits per heavy atom. The van der Waals surface area contributed by atoms with Crippen LogP contribution in [0.5, 0.6) is 5.75 Å². The van der Waals surface area contributed by atoms with Crippen LogP contribution in [-0.4, -0.2) is 58.4 Å². The van der Waals surface area contributed by atoms with Crippen molar-refractivity contribution >= 4 is 29.9 Å². The summed E-state index contributed by atoms with van der Waals surface area (Å²) in [5, 5.41) is 6.74. The van der Waals surface area contributed by atoms with Gasteiger partial charge in [-0.15, -0.1) is 24.0 Å². The number of nitrogens with zero attached hydrogens (tertiary/aromatic N) is 2. The van der Waals surface area contributed by atoms with Crippen molar-refractivity contribution in [2.45, 2.75) is 25.9 Å². The second-order valence-electron chi connectivity index (χ2n) is 8.49. The monoisotopic (exact) mass is 570 g/mol. The molecule has 0 amide bonds. The van der Waals surface area contributed by atoms with Crippen molar-refractivity contribution in [3.63, 3.8) is 0 Å². The van der Waals surface area contributed by atoms with Gasteiger partial charge in [0.2, 0.25) is 0 Å². The Morgan fingerprint density at radius 2 is 2.06 bits per heavy atom. The Morgan fingerprint density at radius 3 is 2.73 bits per heavy atom. The predicted molar refractivity (Wildman–Crippen MR) is 142 cm³/mol. The van der Waals surface area contributed by atoms with Crippen molar-refractivity contribution in [3.8, 4) is 5.75 Å². The first-order valence-electron chi connectivity index (χ1n) is 11.1. The zero-order chi connectivity index (χ0) is 22.9. The minimum absolute atomic E-state index is 0. The molecule has 2 N–H and O–H groups in total. The van der Waals surface area contributed by atoms with Crippen LogP contribution >= 0.6 is 24.0 Å². The molecule has 182 valence electrons. The van der Waals surface area contributed by atoms with E-state index in [4.69, 9.17) is 9.47 Å². The predicted octanol–water partition coefficient (Wildman–Crippen LogP) is 4.14. The van der Waals surface area contributed by atoms with Crippen molar-refractivity contribution in [2.24, 2.45) is 10.9 Å². The molecule has 1 saturated heterocycles. The van der Waals surface area contributed by atoms with Gasteiger partial charge in [0.15, 0.2) is 5.96 Å². The molecule has 8 heteroatoms. The molecule has 1 aliphatic rings. The Bertz CT molecular complexity index is 904. The summed E-state index contributed by atoms with van der Waals surface area (Å²) in [5.41, 5.74) is 3.16. The standard InChI is InChI=1S/C25H35FN4O2.HI/c1-18-8-9-21(24(12-18)32-17-19-10-11-31-16-19)14-28-25(27-2)29-15-23(30(3)4)20-6-5-7-22(26)13-20;/h5-9,12-13,19,23H,10-11,14-17H2,1-4H3,(H2,27,28,29);1H. The number of hydrogen-bond donors (Lipinski definition) is 2. The number of halogens is 2. The van der Waals surface area contributed by atoms with E-state index >= 15 is 0 Å². The van der Waals surface area contributed by atoms with E-state index in [1.54, 1.807) is 19.2 Å². The maximum absolute atomic E-state index is 13.7. The highest BCUT2D eigenvalue weighted by molar-refractivity contribution is 14.0. The Hall–Kier alpha value is -1.91. The molecule has 0 saturated carbocycles. The summed E-state index contributed by atoms with van der Waals surface area (Å²) in [5.74, 6) is 1.80. The van der Waals surface area contributed by atoms with E-state index < -0.39 is 0 Å². The summed E-state index contributed by atoms with van der Waals surface area (Å²) < 4.78 is 25.3. The van der Waals surface area contributed by atoms with Gasteiger partial charge in [-0.2, -0.15) is 0 Å². The van der Waals surface area contributed by atoms with E-state index in [1.807, 2.05) is 20.2 Å². The first-order valence-corrected chi connectivity index (χ1v) is 11.1. The molecule has 0 aliphatic carbocycles. The summed E-state index contributed by atoms with van der Waals surface area (Å²) in [6.07, 6.45) is 1.05. The van der Waals surface area contributed by atoms with Gasteiger partial charge in [0.05, 0.1) is 19.3 Å². The summed E-state index contributed by atoms with van der Waals surface area (Å²) in [6, 6.07) is 13.0. The molecule has 2 aromatic carbocycles. The van der Waals surface area contributed by atoms with Gasteiger partial charge in [-0.05, 0) is 56.8 Å². The maximum atomic E-state index is 13.7. The molecule has 1 aliphatic heterocycles. The Balaban J connectivity index is 0.00000385. The molecule has 6 nitrogen and oxygen atoms in total. The highest BCUT2D eigenvalue weighted by Gasteiger charge is 2.18. The van der Waals surface area contributed by atoms with Gasteiger partial charge >= 0.3 is 0 Å². The van der Waals surface area contributed by atoms with Crippen LogP contribution in [-0.2, 0) is 11.3 Å². The van der Waals surface area contributed by atoms with Gasteiger partial charge in [-0.1, -0.05) is 24.3 Å². The summed E-state index contributed by atoms with van der Waals surface area (Å²) in [7, 11) is 5.71. The fraction of sp³-hybridized carbons (Fsp3) is 0.480. The van der Waals surface area contributed by atoms with Crippen molar-refractivity contribution < 1.29 is 13.9 Å². The molecule has 0 radical (unpaired) electrons. The lowest BCUT2D eigenvalue weighted by Crippen LogP contribution is -2.41. The quantitative estimate of drug-likeness (QED) is 0.270. The largest absolute Gasteiger partial charge is 0.493 e. The third-order valence-electron chi connectivity index (χ3n) is 5.71. The molecule has 33 heavy (non-hydrogen) atoms. The van der Waals surface area contributed by atoms with Crippen LogP contribution in [0, 0.1) is 18.7 Å². The number of hydrogen-bond acceptors (Lipinski definition) is 4. The smallest absolute Gasteiger partial charge is 0.191 e. The Labute approximate surface area is 214 Å². The number of nitrogens with one attached hydrogen (secondary N) is 2. The van der Waals surface area contributed by atoms with Crippen LogP contribution in [0.4, 0.5) is 4.39 Å². The van der Waals surface area contributed by atoms with E-state index in [9.17, 15) is 4.39 Å². The van der Waals surface area contributed by atoms with Crippen LogP contribution in [0.1, 0.15) is 29.2 Å². The number of ether oxygens (including phenoxy) is 2. The molecule has 0 aromatic heterocycles. The van der Waals surface area contributed by atoms with E-state index in [0.717, 1.165) is 42.1 Å². The van der Waals surface area contributed by atoms with Gasteiger partial charge < -0.3 is 25.0 Å². The molecular formula is C25H36FIN4O2. The highest BCUT2D eigenvalue weighted by Crippen LogP contribution is 2.23. The summed E-state index contributed by atoms with van der Waals surface area (Å²) in [6.45, 7) is 5.51. The second kappa shape index (κ2) is 13.7. The van der Waals surface area contributed by atoms with Crippen LogP contribution in [0.3, 0.4) is 0 Å². The van der Waals surface area contributed by atoms with Gasteiger partial charge in [-0.25, -0.2) is 4.39 Å². The molecule has 0 bridgehead atoms. The zero-order valence-electron chi connectivity index (χ0n) is 19.9. The zero-order valence-corrected chi connectivity index (χ0v) is 22.3. The van der Waals surface area contributed by atoms with E-state index in [-0.39, 0.29) is 35.8 Å². The third-order valence-corrected chi connectivity index (χ3v) is 5.71. The normalized spacial score (nSPS) is 16.9. The number of likely N-dealkylation sites (N-methyl/N-ethyl adjacent to an activating group) is 1. The Kier molecular flexibility index (Phi) is 11.4. The van der Waals surface area contributed by atoms with Gasteiger partial charge in [0.1, 0.15) is 11.6 Å².